The summed E-state index contributed by atoms with van der Waals surface area (Å²) in [7, 11) is 0. The standard InChI is InChI=1S/C20H25N3O3/c1-5-6-7-23-17(24)14-12(4)22-20(15(14)18(23)25)13-9-10(2)8-11(3)16(13)21-19(20)26/h8-9,12,14-15,22H,5-7H2,1-4H3,(H,21,26). The highest BCUT2D eigenvalue weighted by atomic mass is 16.2. The van der Waals surface area contributed by atoms with Crippen LogP contribution in [0.15, 0.2) is 12.1 Å². The molecule has 0 saturated carbocycles. The van der Waals surface area contributed by atoms with E-state index in [-0.39, 0.29) is 23.8 Å². The number of imide groups is 1. The largest absolute Gasteiger partial charge is 0.324 e. The monoisotopic (exact) mass is 355 g/mol. The molecular formula is C20H25N3O3. The van der Waals surface area contributed by atoms with E-state index in [1.54, 1.807) is 0 Å². The van der Waals surface area contributed by atoms with E-state index >= 15 is 0 Å². The highest BCUT2D eigenvalue weighted by molar-refractivity contribution is 6.15. The van der Waals surface area contributed by atoms with Crippen molar-refractivity contribution < 1.29 is 14.4 Å². The number of rotatable bonds is 3. The molecule has 0 bridgehead atoms. The van der Waals surface area contributed by atoms with Gasteiger partial charge in [0.1, 0.15) is 5.54 Å². The Hall–Kier alpha value is -2.21. The molecule has 2 N–H and O–H groups in total. The molecule has 6 nitrogen and oxygen atoms in total. The van der Waals surface area contributed by atoms with Crippen LogP contribution < -0.4 is 10.6 Å². The van der Waals surface area contributed by atoms with Crippen molar-refractivity contribution in [3.8, 4) is 0 Å². The molecule has 3 amide bonds. The number of fused-ring (bicyclic) bond motifs is 4. The molecule has 3 aliphatic rings. The SMILES string of the molecule is CCCCN1C(=O)C2C(C)NC3(C(=O)Nc4c(C)cc(C)cc43)C2C1=O. The third-order valence-electron chi connectivity index (χ3n) is 6.14. The Morgan fingerprint density at radius 3 is 2.58 bits per heavy atom. The number of hydrogen-bond donors (Lipinski definition) is 2. The molecule has 0 aromatic heterocycles. The van der Waals surface area contributed by atoms with E-state index in [1.807, 2.05) is 39.8 Å². The van der Waals surface area contributed by atoms with Crippen LogP contribution in [0.2, 0.25) is 0 Å². The molecule has 4 rings (SSSR count). The summed E-state index contributed by atoms with van der Waals surface area (Å²) in [6.07, 6.45) is 1.69. The fraction of sp³-hybridized carbons (Fsp3) is 0.550. The van der Waals surface area contributed by atoms with Crippen LogP contribution in [0.25, 0.3) is 0 Å². The number of likely N-dealkylation sites (tertiary alicyclic amines) is 1. The molecule has 6 heteroatoms. The Morgan fingerprint density at radius 1 is 1.15 bits per heavy atom. The van der Waals surface area contributed by atoms with Crippen LogP contribution in [0.3, 0.4) is 0 Å². The lowest BCUT2D eigenvalue weighted by Gasteiger charge is -2.29. The van der Waals surface area contributed by atoms with Crippen molar-refractivity contribution in [1.29, 1.82) is 0 Å². The van der Waals surface area contributed by atoms with Crippen molar-refractivity contribution in [2.75, 3.05) is 11.9 Å². The second-order valence-corrected chi connectivity index (χ2v) is 7.88. The van der Waals surface area contributed by atoms with Gasteiger partial charge >= 0.3 is 0 Å². The molecule has 2 saturated heterocycles. The number of nitrogens with one attached hydrogen (secondary N) is 2. The Morgan fingerprint density at radius 2 is 1.88 bits per heavy atom. The van der Waals surface area contributed by atoms with Crippen LogP contribution in [0.5, 0.6) is 0 Å². The van der Waals surface area contributed by atoms with Gasteiger partial charge in [-0.05, 0) is 32.8 Å². The summed E-state index contributed by atoms with van der Waals surface area (Å²) < 4.78 is 0. The topological polar surface area (TPSA) is 78.5 Å². The van der Waals surface area contributed by atoms with E-state index in [4.69, 9.17) is 0 Å². The van der Waals surface area contributed by atoms with E-state index in [2.05, 4.69) is 10.6 Å². The maximum atomic E-state index is 13.2. The fourth-order valence-corrected chi connectivity index (χ4v) is 5.02. The fourth-order valence-electron chi connectivity index (χ4n) is 5.02. The summed E-state index contributed by atoms with van der Waals surface area (Å²) in [6, 6.07) is 3.75. The minimum absolute atomic E-state index is 0.143. The van der Waals surface area contributed by atoms with Gasteiger partial charge in [-0.15, -0.1) is 0 Å². The number of carbonyl (C=O) groups is 3. The van der Waals surface area contributed by atoms with Gasteiger partial charge < -0.3 is 5.32 Å². The summed E-state index contributed by atoms with van der Waals surface area (Å²) in [6.45, 7) is 8.30. The zero-order valence-electron chi connectivity index (χ0n) is 15.7. The molecule has 4 atom stereocenters. The number of unbranched alkanes of at least 4 members (excludes halogenated alkanes) is 1. The zero-order chi connectivity index (χ0) is 18.8. The first-order chi connectivity index (χ1) is 12.3. The van der Waals surface area contributed by atoms with Gasteiger partial charge in [0.15, 0.2) is 0 Å². The van der Waals surface area contributed by atoms with Crippen molar-refractivity contribution in [1.82, 2.24) is 10.2 Å². The Kier molecular flexibility index (Phi) is 3.74. The minimum Gasteiger partial charge on any atom is -0.324 e. The summed E-state index contributed by atoms with van der Waals surface area (Å²) in [4.78, 5) is 40.7. The van der Waals surface area contributed by atoms with Crippen molar-refractivity contribution in [3.63, 3.8) is 0 Å². The molecule has 4 unspecified atom stereocenters. The zero-order valence-corrected chi connectivity index (χ0v) is 15.7. The summed E-state index contributed by atoms with van der Waals surface area (Å²) in [5.41, 5.74) is 2.44. The second-order valence-electron chi connectivity index (χ2n) is 7.88. The van der Waals surface area contributed by atoms with Crippen molar-refractivity contribution >= 4 is 23.4 Å². The number of nitrogens with zero attached hydrogens (tertiary/aromatic N) is 1. The van der Waals surface area contributed by atoms with Gasteiger partial charge in [0.25, 0.3) is 0 Å². The number of aryl methyl sites for hydroxylation is 2. The summed E-state index contributed by atoms with van der Waals surface area (Å²) in [5, 5.41) is 6.32. The first-order valence-electron chi connectivity index (χ1n) is 9.39. The second kappa shape index (κ2) is 5.64. The van der Waals surface area contributed by atoms with E-state index in [0.29, 0.717) is 6.54 Å². The van der Waals surface area contributed by atoms with Crippen LogP contribution >= 0.6 is 0 Å². The van der Waals surface area contributed by atoms with Crippen LogP contribution in [0.4, 0.5) is 5.69 Å². The molecule has 1 spiro atoms. The Balaban J connectivity index is 1.86. The summed E-state index contributed by atoms with van der Waals surface area (Å²) in [5.74, 6) is -1.75. The predicted molar refractivity (Wildman–Crippen MR) is 97.4 cm³/mol. The molecule has 138 valence electrons. The van der Waals surface area contributed by atoms with Gasteiger partial charge in [0.05, 0.1) is 11.8 Å². The normalized spacial score (nSPS) is 32.4. The third kappa shape index (κ3) is 1.99. The average molecular weight is 355 g/mol. The molecule has 1 aromatic rings. The number of amides is 3. The average Bonchev–Trinajstić information content (AvgIpc) is 3.13. The predicted octanol–water partition coefficient (Wildman–Crippen LogP) is 1.84. The quantitative estimate of drug-likeness (QED) is 0.811. The Bertz CT molecular complexity index is 834. The lowest BCUT2D eigenvalue weighted by atomic mass is 9.76. The highest BCUT2D eigenvalue weighted by Crippen LogP contribution is 2.53. The summed E-state index contributed by atoms with van der Waals surface area (Å²) >= 11 is 0. The molecule has 3 heterocycles. The van der Waals surface area contributed by atoms with Crippen molar-refractivity contribution in [2.24, 2.45) is 11.8 Å². The first-order valence-corrected chi connectivity index (χ1v) is 9.39. The smallest absolute Gasteiger partial charge is 0.250 e. The number of carbonyl (C=O) groups excluding carboxylic acids is 3. The molecule has 0 radical (unpaired) electrons. The number of benzene rings is 1. The van der Waals surface area contributed by atoms with Gasteiger partial charge in [0, 0.05) is 23.8 Å². The molecule has 3 aliphatic heterocycles. The lowest BCUT2D eigenvalue weighted by molar-refractivity contribution is -0.142. The van der Waals surface area contributed by atoms with Gasteiger partial charge in [-0.1, -0.05) is 31.0 Å². The molecular weight excluding hydrogens is 330 g/mol. The molecule has 0 aliphatic carbocycles. The van der Waals surface area contributed by atoms with Crippen LogP contribution in [0, 0.1) is 25.7 Å². The van der Waals surface area contributed by atoms with E-state index in [0.717, 1.165) is 35.2 Å². The maximum Gasteiger partial charge on any atom is 0.250 e. The molecule has 2 fully saturated rings. The van der Waals surface area contributed by atoms with Crippen LogP contribution in [-0.4, -0.2) is 35.2 Å². The van der Waals surface area contributed by atoms with Crippen molar-refractivity contribution in [3.05, 3.63) is 28.8 Å². The lowest BCUT2D eigenvalue weighted by Crippen LogP contribution is -2.53. The van der Waals surface area contributed by atoms with E-state index in [1.165, 1.54) is 4.90 Å². The van der Waals surface area contributed by atoms with E-state index in [9.17, 15) is 14.4 Å². The highest BCUT2D eigenvalue weighted by Gasteiger charge is 2.69. The van der Waals surface area contributed by atoms with Crippen LogP contribution in [0.1, 0.15) is 43.4 Å². The maximum absolute atomic E-state index is 13.2. The number of hydrogen-bond acceptors (Lipinski definition) is 4. The van der Waals surface area contributed by atoms with Crippen LogP contribution in [-0.2, 0) is 19.9 Å². The van der Waals surface area contributed by atoms with Gasteiger partial charge in [-0.25, -0.2) is 0 Å². The van der Waals surface area contributed by atoms with Gasteiger partial charge in [-0.2, -0.15) is 0 Å². The van der Waals surface area contributed by atoms with Gasteiger partial charge in [0.2, 0.25) is 17.7 Å². The third-order valence-corrected chi connectivity index (χ3v) is 6.14. The van der Waals surface area contributed by atoms with E-state index < -0.39 is 17.4 Å². The minimum atomic E-state index is -1.15. The molecule has 1 aromatic carbocycles. The van der Waals surface area contributed by atoms with Gasteiger partial charge in [-0.3, -0.25) is 24.6 Å². The molecule has 26 heavy (non-hydrogen) atoms. The Labute approximate surface area is 153 Å². The number of anilines is 1. The first kappa shape index (κ1) is 17.2. The van der Waals surface area contributed by atoms with Crippen molar-refractivity contribution in [2.45, 2.75) is 52.1 Å².